The van der Waals surface area contributed by atoms with Gasteiger partial charge in [0.2, 0.25) is 5.91 Å². The number of amides is 3. The third-order valence-electron chi connectivity index (χ3n) is 8.32. The van der Waals surface area contributed by atoms with E-state index < -0.39 is 42.2 Å². The molecule has 0 aromatic heterocycles. The number of rotatable bonds is 3. The predicted octanol–water partition coefficient (Wildman–Crippen LogP) is 4.16. The van der Waals surface area contributed by atoms with Gasteiger partial charge in [-0.05, 0) is 38.0 Å². The third kappa shape index (κ3) is 6.68. The minimum atomic E-state index is -0.997. The average Bonchev–Trinajstić information content (AvgIpc) is 3.66. The fourth-order valence-corrected chi connectivity index (χ4v) is 6.05. The first-order valence-electron chi connectivity index (χ1n) is 13.9. The lowest BCUT2D eigenvalue weighted by atomic mass is 9.85. The van der Waals surface area contributed by atoms with Crippen LogP contribution in [0.25, 0.3) is 0 Å². The Kier molecular flexibility index (Phi) is 9.74. The topological polar surface area (TPSA) is 128 Å². The largest absolute Gasteiger partial charge is 0.495 e. The van der Waals surface area contributed by atoms with Crippen LogP contribution in [0.15, 0.2) is 35.9 Å². The number of nitrogens with one attached hydrogen (secondary N) is 2. The van der Waals surface area contributed by atoms with Gasteiger partial charge in [-0.1, -0.05) is 42.3 Å². The Bertz CT molecular complexity index is 1270. The summed E-state index contributed by atoms with van der Waals surface area (Å²) in [6.45, 7) is 5.71. The molecule has 7 atom stereocenters. The van der Waals surface area contributed by atoms with Gasteiger partial charge in [0.25, 0.3) is 0 Å². The Morgan fingerprint density at radius 2 is 2.00 bits per heavy atom. The smallest absolute Gasteiger partial charge is 0.407 e. The summed E-state index contributed by atoms with van der Waals surface area (Å²) in [4.78, 5) is 40.1. The van der Waals surface area contributed by atoms with Crippen molar-refractivity contribution in [1.82, 2.24) is 10.6 Å². The summed E-state index contributed by atoms with van der Waals surface area (Å²) in [6, 6.07) is 3.35. The number of methoxy groups -OCH3 is 2. The molecular weight excluding hydrogens is 566 g/mol. The van der Waals surface area contributed by atoms with Crippen LogP contribution in [0.3, 0.4) is 0 Å². The quantitative estimate of drug-likeness (QED) is 0.492. The number of anilines is 1. The summed E-state index contributed by atoms with van der Waals surface area (Å²) in [7, 11) is 6.18. The molecule has 0 saturated carbocycles. The summed E-state index contributed by atoms with van der Waals surface area (Å²) >= 11 is 6.66. The standard InChI is InChI=1S/C30H40ClN3O8/c1-16-9-8-10-21(38-6)19-14-22(40-29(37)33-19)17(2)27-30(3,42-27)24(41-28(36)32-4)15-25(35)34(5)20-12-18(11-16)13-23(39-7)26(20)31/h8-10,12-13,17,19,21-22,24,27H,11,14-15H2,1-7H3,(H,32,36)(H,33,37)/b10-8+,16-9+/t17-,19?,21-,22+,24+,27+,30+/m1/s1. The number of ether oxygens (including phenoxy) is 5. The van der Waals surface area contributed by atoms with Crippen molar-refractivity contribution in [2.45, 2.75) is 76.1 Å². The van der Waals surface area contributed by atoms with Gasteiger partial charge in [-0.25, -0.2) is 9.59 Å². The van der Waals surface area contributed by atoms with Crippen molar-refractivity contribution in [3.8, 4) is 5.75 Å². The number of hydrogen-bond donors (Lipinski definition) is 2. The molecule has 1 aromatic rings. The van der Waals surface area contributed by atoms with E-state index in [1.54, 1.807) is 21.1 Å². The highest BCUT2D eigenvalue weighted by Gasteiger charge is 2.63. The molecule has 42 heavy (non-hydrogen) atoms. The van der Waals surface area contributed by atoms with Crippen LogP contribution in [0.2, 0.25) is 5.02 Å². The van der Waals surface area contributed by atoms with E-state index in [1.807, 2.05) is 44.2 Å². The zero-order valence-corrected chi connectivity index (χ0v) is 25.8. The second kappa shape index (κ2) is 12.9. The second-order valence-corrected chi connectivity index (χ2v) is 11.6. The van der Waals surface area contributed by atoms with Crippen LogP contribution >= 0.6 is 11.6 Å². The molecule has 3 amide bonds. The average molecular weight is 606 g/mol. The first-order valence-corrected chi connectivity index (χ1v) is 14.3. The molecule has 3 aliphatic rings. The molecule has 12 heteroatoms. The molecular formula is C30H40ClN3O8. The van der Waals surface area contributed by atoms with Crippen molar-refractivity contribution < 1.29 is 38.1 Å². The lowest BCUT2D eigenvalue weighted by molar-refractivity contribution is -0.121. The SMILES string of the molecule is CNC(=O)O[C@H]1CC(=O)N(C)c2cc(cc(OC)c2Cl)C/C(C)=C/C=C/[C@@H](OC)C2C[C@H](OC(=O)N2)[C@@H](C)[C@@H]2O[C@@]12C. The molecule has 4 bridgehead atoms. The van der Waals surface area contributed by atoms with Crippen LogP contribution in [0, 0.1) is 5.92 Å². The number of benzene rings is 1. The third-order valence-corrected chi connectivity index (χ3v) is 8.70. The van der Waals surface area contributed by atoms with Gasteiger partial charge < -0.3 is 39.2 Å². The van der Waals surface area contributed by atoms with E-state index in [4.69, 9.17) is 35.3 Å². The van der Waals surface area contributed by atoms with Gasteiger partial charge in [0.15, 0.2) is 0 Å². The maximum absolute atomic E-state index is 13.7. The van der Waals surface area contributed by atoms with Crippen molar-refractivity contribution in [3.63, 3.8) is 0 Å². The Hall–Kier alpha value is -3.28. The number of epoxide rings is 1. The zero-order valence-electron chi connectivity index (χ0n) is 25.1. The summed E-state index contributed by atoms with van der Waals surface area (Å²) in [5.41, 5.74) is 1.39. The fraction of sp³-hybridized carbons (Fsp3) is 0.567. The van der Waals surface area contributed by atoms with E-state index in [1.165, 1.54) is 19.1 Å². The number of alkyl carbamates (subject to hydrolysis) is 2. The molecule has 2 N–H and O–H groups in total. The number of allylic oxidation sites excluding steroid dienone is 3. The van der Waals surface area contributed by atoms with Crippen LogP contribution in [0.4, 0.5) is 15.3 Å². The zero-order chi connectivity index (χ0) is 30.8. The van der Waals surface area contributed by atoms with Crippen LogP contribution in [0.1, 0.15) is 39.2 Å². The van der Waals surface area contributed by atoms with Crippen LogP contribution in [0.5, 0.6) is 5.75 Å². The lowest BCUT2D eigenvalue weighted by Crippen LogP contribution is -2.53. The molecule has 2 saturated heterocycles. The highest BCUT2D eigenvalue weighted by molar-refractivity contribution is 6.35. The van der Waals surface area contributed by atoms with Crippen LogP contribution < -0.4 is 20.3 Å². The van der Waals surface area contributed by atoms with Crippen molar-refractivity contribution in [2.75, 3.05) is 33.2 Å². The molecule has 1 aromatic carbocycles. The van der Waals surface area contributed by atoms with E-state index >= 15 is 0 Å². The van der Waals surface area contributed by atoms with Crippen LogP contribution in [-0.2, 0) is 30.2 Å². The predicted molar refractivity (Wildman–Crippen MR) is 157 cm³/mol. The van der Waals surface area contributed by atoms with Gasteiger partial charge in [-0.2, -0.15) is 0 Å². The first-order chi connectivity index (χ1) is 19.9. The van der Waals surface area contributed by atoms with Crippen molar-refractivity contribution in [2.24, 2.45) is 5.92 Å². The van der Waals surface area contributed by atoms with Gasteiger partial charge in [0, 0.05) is 33.5 Å². The molecule has 0 spiro atoms. The van der Waals surface area contributed by atoms with Gasteiger partial charge in [0.05, 0.1) is 37.5 Å². The Balaban J connectivity index is 1.76. The second-order valence-electron chi connectivity index (χ2n) is 11.2. The summed E-state index contributed by atoms with van der Waals surface area (Å²) < 4.78 is 28.8. The molecule has 1 unspecified atom stereocenters. The van der Waals surface area contributed by atoms with Crippen molar-refractivity contribution in [1.29, 1.82) is 0 Å². The number of halogens is 1. The monoisotopic (exact) mass is 605 g/mol. The molecule has 3 heterocycles. The molecule has 230 valence electrons. The van der Waals surface area contributed by atoms with E-state index in [-0.39, 0.29) is 29.3 Å². The first kappa shape index (κ1) is 31.7. The highest BCUT2D eigenvalue weighted by Crippen LogP contribution is 2.48. The Morgan fingerprint density at radius 1 is 1.26 bits per heavy atom. The minimum absolute atomic E-state index is 0.171. The number of nitrogens with zero attached hydrogens (tertiary/aromatic N) is 1. The maximum atomic E-state index is 13.7. The molecule has 2 fully saturated rings. The molecule has 4 rings (SSSR count). The van der Waals surface area contributed by atoms with Crippen LogP contribution in [-0.4, -0.2) is 82.5 Å². The van der Waals surface area contributed by atoms with E-state index in [0.717, 1.165) is 11.1 Å². The lowest BCUT2D eigenvalue weighted by Gasteiger charge is -2.36. The van der Waals surface area contributed by atoms with Gasteiger partial charge in [-0.15, -0.1) is 0 Å². The number of carbonyl (C=O) groups excluding carboxylic acids is 3. The van der Waals surface area contributed by atoms with Crippen molar-refractivity contribution in [3.05, 3.63) is 46.5 Å². The fourth-order valence-electron chi connectivity index (χ4n) is 5.74. The number of hydrogen-bond acceptors (Lipinski definition) is 8. The molecule has 0 radical (unpaired) electrons. The van der Waals surface area contributed by atoms with Gasteiger partial charge >= 0.3 is 12.2 Å². The van der Waals surface area contributed by atoms with Gasteiger partial charge in [0.1, 0.15) is 28.6 Å². The normalized spacial score (nSPS) is 33.7. The Morgan fingerprint density at radius 3 is 2.67 bits per heavy atom. The summed E-state index contributed by atoms with van der Waals surface area (Å²) in [6.07, 6.45) is 3.14. The number of fused-ring (bicyclic) bond motifs is 5. The molecule has 3 aliphatic heterocycles. The Labute approximate surface area is 251 Å². The van der Waals surface area contributed by atoms with Crippen molar-refractivity contribution >= 4 is 35.4 Å². The summed E-state index contributed by atoms with van der Waals surface area (Å²) in [5, 5.41) is 5.61. The minimum Gasteiger partial charge on any atom is -0.495 e. The molecule has 0 aliphatic carbocycles. The van der Waals surface area contributed by atoms with E-state index in [2.05, 4.69) is 10.6 Å². The van der Waals surface area contributed by atoms with E-state index in [0.29, 0.717) is 24.3 Å². The van der Waals surface area contributed by atoms with Gasteiger partial charge in [-0.3, -0.25) is 4.79 Å². The maximum Gasteiger partial charge on any atom is 0.407 e. The molecule has 11 nitrogen and oxygen atoms in total. The van der Waals surface area contributed by atoms with E-state index in [9.17, 15) is 14.4 Å². The summed E-state index contributed by atoms with van der Waals surface area (Å²) in [5.74, 6) is -0.170. The number of carbonyl (C=O) groups is 3. The highest BCUT2D eigenvalue weighted by atomic mass is 35.5.